The van der Waals surface area contributed by atoms with Gasteiger partial charge in [-0.1, -0.05) is 36.6 Å². The first-order chi connectivity index (χ1) is 14.3. The zero-order valence-electron chi connectivity index (χ0n) is 17.8. The van der Waals surface area contributed by atoms with Gasteiger partial charge >= 0.3 is 11.3 Å². The number of carbonyl (C=O) groups excluding carboxylic acids is 2. The number of amides is 2. The summed E-state index contributed by atoms with van der Waals surface area (Å²) in [7, 11) is -4.21. The van der Waals surface area contributed by atoms with Crippen LogP contribution in [0, 0.1) is 5.92 Å². The topological polar surface area (TPSA) is 140 Å². The van der Waals surface area contributed by atoms with Gasteiger partial charge < -0.3 is 19.8 Å². The fourth-order valence-electron chi connectivity index (χ4n) is 2.42. The van der Waals surface area contributed by atoms with Crippen LogP contribution in [0.5, 0.6) is 0 Å². The Labute approximate surface area is 185 Å². The maximum Gasteiger partial charge on any atom is 0.408 e. The summed E-state index contributed by atoms with van der Waals surface area (Å²) in [6.07, 6.45) is -0.713. The third-order valence-corrected chi connectivity index (χ3v) is 5.30. The molecular weight excluding hydrogens is 448 g/mol. The monoisotopic (exact) mass is 472 g/mol. The van der Waals surface area contributed by atoms with Crippen LogP contribution in [0.15, 0.2) is 33.9 Å². The number of carbonyl (C=O) groups is 2. The van der Waals surface area contributed by atoms with Crippen LogP contribution in [0.25, 0.3) is 0 Å². The number of nitrogens with zero attached hydrogens (tertiary/aromatic N) is 2. The summed E-state index contributed by atoms with van der Waals surface area (Å²) < 4.78 is 35.5. The number of hydrogen-bond acceptors (Lipinski definition) is 8. The fourth-order valence-corrected chi connectivity index (χ4v) is 3.53. The summed E-state index contributed by atoms with van der Waals surface area (Å²) >= 11 is 5.84. The van der Waals surface area contributed by atoms with Crippen LogP contribution >= 0.6 is 11.6 Å². The van der Waals surface area contributed by atoms with E-state index >= 15 is 0 Å². The predicted molar refractivity (Wildman–Crippen MR) is 113 cm³/mol. The Hall–Kier alpha value is -2.66. The summed E-state index contributed by atoms with van der Waals surface area (Å²) in [5.41, 5.74) is -0.369. The van der Waals surface area contributed by atoms with Crippen molar-refractivity contribution < 1.29 is 27.2 Å². The summed E-state index contributed by atoms with van der Waals surface area (Å²) in [6.45, 7) is 8.69. The van der Waals surface area contributed by atoms with E-state index in [0.29, 0.717) is 10.7 Å². The predicted octanol–water partition coefficient (Wildman–Crippen LogP) is 3.36. The molecule has 0 aliphatic carbocycles. The van der Waals surface area contributed by atoms with Crippen molar-refractivity contribution in [1.29, 1.82) is 0 Å². The van der Waals surface area contributed by atoms with Gasteiger partial charge in [0.15, 0.2) is 0 Å². The summed E-state index contributed by atoms with van der Waals surface area (Å²) in [4.78, 5) is 24.2. The standard InChI is InChI=1S/C19H25ClN4O6S/c1-11(2)15(22-17(26)30-19(3,4)5)16-23-24-18(29-16)31(27,28)10-14(25)21-13-8-6-7-12(20)9-13/h6-9,11,15H,10H2,1-5H3,(H,21,25)(H,22,26)/t15-/m0/s1. The number of ether oxygens (including phenoxy) is 1. The van der Waals surface area contributed by atoms with Crippen molar-refractivity contribution in [2.24, 2.45) is 5.92 Å². The lowest BCUT2D eigenvalue weighted by atomic mass is 10.1. The zero-order valence-corrected chi connectivity index (χ0v) is 19.4. The van der Waals surface area contributed by atoms with Crippen molar-refractivity contribution in [3.63, 3.8) is 0 Å². The highest BCUT2D eigenvalue weighted by Gasteiger charge is 2.31. The van der Waals surface area contributed by atoms with Gasteiger partial charge in [-0.15, -0.1) is 5.10 Å². The van der Waals surface area contributed by atoms with E-state index < -0.39 is 44.5 Å². The number of sulfone groups is 1. The van der Waals surface area contributed by atoms with E-state index in [0.717, 1.165) is 0 Å². The van der Waals surface area contributed by atoms with Gasteiger partial charge in [0, 0.05) is 10.7 Å². The highest BCUT2D eigenvalue weighted by Crippen LogP contribution is 2.23. The lowest BCUT2D eigenvalue weighted by molar-refractivity contribution is -0.113. The first-order valence-electron chi connectivity index (χ1n) is 9.38. The molecule has 0 saturated heterocycles. The molecule has 2 N–H and O–H groups in total. The maximum absolute atomic E-state index is 12.5. The van der Waals surface area contributed by atoms with Crippen LogP contribution in [0.4, 0.5) is 10.5 Å². The summed E-state index contributed by atoms with van der Waals surface area (Å²) in [6, 6.07) is 5.49. The first-order valence-corrected chi connectivity index (χ1v) is 11.4. The molecule has 1 aromatic carbocycles. The molecule has 0 saturated carbocycles. The van der Waals surface area contributed by atoms with E-state index in [4.69, 9.17) is 20.8 Å². The molecule has 1 aromatic heterocycles. The second kappa shape index (κ2) is 9.65. The van der Waals surface area contributed by atoms with Gasteiger partial charge in [0.2, 0.25) is 21.6 Å². The van der Waals surface area contributed by atoms with Gasteiger partial charge in [-0.3, -0.25) is 4.79 Å². The number of nitrogens with one attached hydrogen (secondary N) is 2. The molecule has 2 amide bonds. The normalized spacial score (nSPS) is 13.0. The molecule has 2 rings (SSSR count). The Morgan fingerprint density at radius 3 is 2.48 bits per heavy atom. The number of anilines is 1. The number of benzene rings is 1. The molecule has 10 nitrogen and oxygen atoms in total. The van der Waals surface area contributed by atoms with Gasteiger partial charge in [-0.05, 0) is 44.9 Å². The Bertz CT molecular complexity index is 1050. The van der Waals surface area contributed by atoms with Crippen molar-refractivity contribution >= 4 is 39.1 Å². The molecule has 1 heterocycles. The molecule has 0 aliphatic heterocycles. The third kappa shape index (κ3) is 7.51. The van der Waals surface area contributed by atoms with Crippen molar-refractivity contribution in [1.82, 2.24) is 15.5 Å². The molecule has 31 heavy (non-hydrogen) atoms. The highest BCUT2D eigenvalue weighted by molar-refractivity contribution is 7.91. The molecule has 12 heteroatoms. The van der Waals surface area contributed by atoms with E-state index in [-0.39, 0.29) is 11.8 Å². The Kier molecular flexibility index (Phi) is 7.66. The number of hydrogen-bond donors (Lipinski definition) is 2. The first kappa shape index (κ1) is 24.6. The SMILES string of the molecule is CC(C)[C@H](NC(=O)OC(C)(C)C)c1nnc(S(=O)(=O)CC(=O)Nc2cccc(Cl)c2)o1. The molecule has 1 atom stereocenters. The zero-order chi connectivity index (χ0) is 23.4. The van der Waals surface area contributed by atoms with Crippen LogP contribution in [-0.4, -0.2) is 42.0 Å². The molecule has 2 aromatic rings. The molecule has 0 aliphatic rings. The summed E-state index contributed by atoms with van der Waals surface area (Å²) in [5, 5.41) is 12.0. The third-order valence-electron chi connectivity index (χ3n) is 3.72. The van der Waals surface area contributed by atoms with Crippen molar-refractivity contribution in [2.45, 2.75) is 51.5 Å². The number of halogens is 1. The number of alkyl carbamates (subject to hydrolysis) is 1. The van der Waals surface area contributed by atoms with Crippen LogP contribution in [0.3, 0.4) is 0 Å². The molecule has 0 unspecified atom stereocenters. The lowest BCUT2D eigenvalue weighted by Crippen LogP contribution is -2.37. The second-order valence-corrected chi connectivity index (χ2v) is 10.4. The van der Waals surface area contributed by atoms with Crippen molar-refractivity contribution in [3.05, 3.63) is 35.2 Å². The quantitative estimate of drug-likeness (QED) is 0.624. The molecule has 170 valence electrons. The van der Waals surface area contributed by atoms with E-state index in [9.17, 15) is 18.0 Å². The average Bonchev–Trinajstić information content (AvgIpc) is 3.08. The number of rotatable bonds is 7. The molecule has 0 fully saturated rings. The van der Waals surface area contributed by atoms with Crippen LogP contribution in [0.2, 0.25) is 5.02 Å². The smallest absolute Gasteiger partial charge is 0.408 e. The minimum absolute atomic E-state index is 0.116. The van der Waals surface area contributed by atoms with E-state index in [1.54, 1.807) is 52.8 Å². The van der Waals surface area contributed by atoms with Crippen molar-refractivity contribution in [3.8, 4) is 0 Å². The second-order valence-electron chi connectivity index (χ2n) is 8.09. The maximum atomic E-state index is 12.5. The van der Waals surface area contributed by atoms with Gasteiger partial charge in [0.05, 0.1) is 0 Å². The average molecular weight is 473 g/mol. The van der Waals surface area contributed by atoms with E-state index in [2.05, 4.69) is 20.8 Å². The largest absolute Gasteiger partial charge is 0.444 e. The van der Waals surface area contributed by atoms with Gasteiger partial charge in [0.25, 0.3) is 0 Å². The van der Waals surface area contributed by atoms with Gasteiger partial charge in [-0.25, -0.2) is 13.2 Å². The van der Waals surface area contributed by atoms with E-state index in [1.807, 2.05) is 0 Å². The van der Waals surface area contributed by atoms with Gasteiger partial charge in [0.1, 0.15) is 17.4 Å². The Balaban J connectivity index is 2.12. The van der Waals surface area contributed by atoms with Crippen LogP contribution < -0.4 is 10.6 Å². The fraction of sp³-hybridized carbons (Fsp3) is 0.474. The van der Waals surface area contributed by atoms with E-state index in [1.165, 1.54) is 6.07 Å². The minimum Gasteiger partial charge on any atom is -0.444 e. The number of aromatic nitrogens is 2. The molecule has 0 radical (unpaired) electrons. The Morgan fingerprint density at radius 2 is 1.90 bits per heavy atom. The van der Waals surface area contributed by atoms with Crippen LogP contribution in [0.1, 0.15) is 46.6 Å². The Morgan fingerprint density at radius 1 is 1.23 bits per heavy atom. The minimum atomic E-state index is -4.21. The summed E-state index contributed by atoms with van der Waals surface area (Å²) in [5.74, 6) is -2.04. The molecule has 0 spiro atoms. The highest BCUT2D eigenvalue weighted by atomic mass is 35.5. The van der Waals surface area contributed by atoms with Gasteiger partial charge in [-0.2, -0.15) is 0 Å². The molecule has 0 bridgehead atoms. The molecular formula is C19H25ClN4O6S. The van der Waals surface area contributed by atoms with Crippen LogP contribution in [-0.2, 0) is 19.4 Å². The van der Waals surface area contributed by atoms with Crippen molar-refractivity contribution in [2.75, 3.05) is 11.1 Å². The lowest BCUT2D eigenvalue weighted by Gasteiger charge is -2.23.